The van der Waals surface area contributed by atoms with E-state index in [1.807, 2.05) is 0 Å². The van der Waals surface area contributed by atoms with E-state index in [4.69, 9.17) is 13.7 Å². The lowest BCUT2D eigenvalue weighted by Gasteiger charge is -2.61. The van der Waals surface area contributed by atoms with Gasteiger partial charge in [0, 0.05) is 12.3 Å². The van der Waals surface area contributed by atoms with E-state index in [0.717, 1.165) is 50.0 Å². The Morgan fingerprint density at radius 3 is 2.35 bits per heavy atom. The summed E-state index contributed by atoms with van der Waals surface area (Å²) in [4.78, 5) is 0. The van der Waals surface area contributed by atoms with Gasteiger partial charge in [-0.2, -0.15) is 8.42 Å². The van der Waals surface area contributed by atoms with Crippen LogP contribution in [0.3, 0.4) is 0 Å². The van der Waals surface area contributed by atoms with Gasteiger partial charge in [0.15, 0.2) is 5.79 Å². The van der Waals surface area contributed by atoms with Crippen molar-refractivity contribution in [3.63, 3.8) is 0 Å². The molecule has 0 N–H and O–H groups in total. The Morgan fingerprint density at radius 2 is 1.65 bits per heavy atom. The van der Waals surface area contributed by atoms with Crippen molar-refractivity contribution in [2.45, 2.75) is 110 Å². The van der Waals surface area contributed by atoms with E-state index in [-0.39, 0.29) is 11.9 Å². The summed E-state index contributed by atoms with van der Waals surface area (Å²) in [5.74, 6) is 4.32. The highest BCUT2D eigenvalue weighted by molar-refractivity contribution is 7.86. The average Bonchev–Trinajstić information content (AvgIpc) is 3.20. The second-order valence-electron chi connectivity index (χ2n) is 13.9. The predicted octanol–water partition coefficient (Wildman–Crippen LogP) is 5.78. The topological polar surface area (TPSA) is 61.8 Å². The van der Waals surface area contributed by atoms with Crippen LogP contribution in [0, 0.1) is 52.3 Å². The van der Waals surface area contributed by atoms with Crippen LogP contribution in [0.1, 0.15) is 91.9 Å². The zero-order chi connectivity index (χ0) is 24.1. The molecule has 2 aliphatic heterocycles. The summed E-state index contributed by atoms with van der Waals surface area (Å²) in [5, 5.41) is 0. The molecule has 0 radical (unpaired) electrons. The van der Waals surface area contributed by atoms with Crippen LogP contribution in [0.4, 0.5) is 0 Å². The first-order valence-electron chi connectivity index (χ1n) is 14.2. The molecule has 4 aliphatic carbocycles. The van der Waals surface area contributed by atoms with Gasteiger partial charge in [-0.05, 0) is 104 Å². The first-order valence-corrected chi connectivity index (χ1v) is 16.0. The lowest BCUT2D eigenvalue weighted by molar-refractivity contribution is -0.273. The first kappa shape index (κ1) is 24.2. The van der Waals surface area contributed by atoms with E-state index in [1.54, 1.807) is 0 Å². The molecule has 0 aromatic heterocycles. The Morgan fingerprint density at radius 1 is 0.882 bits per heavy atom. The third-order valence-corrected chi connectivity index (χ3v) is 12.8. The van der Waals surface area contributed by atoms with Gasteiger partial charge in [-0.25, -0.2) is 0 Å². The van der Waals surface area contributed by atoms with Crippen LogP contribution in [0.2, 0.25) is 0 Å². The Labute approximate surface area is 207 Å². The second kappa shape index (κ2) is 7.91. The fourth-order valence-corrected chi connectivity index (χ4v) is 11.2. The van der Waals surface area contributed by atoms with Crippen molar-refractivity contribution in [3.8, 4) is 0 Å². The van der Waals surface area contributed by atoms with Crippen LogP contribution < -0.4 is 0 Å². The average molecular weight is 495 g/mol. The van der Waals surface area contributed by atoms with Crippen molar-refractivity contribution in [2.75, 3.05) is 12.9 Å². The largest absolute Gasteiger partial charge is 0.349 e. The zero-order valence-corrected chi connectivity index (χ0v) is 22.7. The maximum Gasteiger partial charge on any atom is 0.264 e. The van der Waals surface area contributed by atoms with E-state index in [9.17, 15) is 8.42 Å². The van der Waals surface area contributed by atoms with E-state index >= 15 is 0 Å². The standard InChI is InChI=1S/C28H46O5S/c1-17-8-13-28(31-16-17)18(2)25-24(32-28)15-23-21-7-6-19-14-20(33-34(5,29)30)9-11-26(19,3)22(21)10-12-27(23,25)4/h17-25H,6-16H2,1-5H3/t17-,18?,19?,20+,21?,22?,23?,24?,25?,26+,27+,28?/m1/s1. The summed E-state index contributed by atoms with van der Waals surface area (Å²) in [5.41, 5.74) is 0.691. The number of ether oxygens (including phenoxy) is 2. The smallest absolute Gasteiger partial charge is 0.264 e. The third-order valence-electron chi connectivity index (χ3n) is 12.2. The van der Waals surface area contributed by atoms with Crippen LogP contribution >= 0.6 is 0 Å². The molecule has 0 bridgehead atoms. The lowest BCUT2D eigenvalue weighted by Crippen LogP contribution is -2.55. The number of fused-ring (bicyclic) bond motifs is 7. The molecule has 6 fully saturated rings. The van der Waals surface area contributed by atoms with Gasteiger partial charge in [0.2, 0.25) is 0 Å². The van der Waals surface area contributed by atoms with Crippen molar-refractivity contribution in [3.05, 3.63) is 0 Å². The van der Waals surface area contributed by atoms with Crippen LogP contribution in [0.25, 0.3) is 0 Å². The fraction of sp³-hybridized carbons (Fsp3) is 1.00. The molecular weight excluding hydrogens is 448 g/mol. The molecule has 0 aromatic carbocycles. The molecule has 194 valence electrons. The SMILES string of the molecule is CC1C2C(CC3C4CCC5C[C@@H](OS(C)(=O)=O)CC[C@]5(C)C4CC[C@@]32C)OC12CC[C@@H](C)CO2. The molecule has 0 aromatic rings. The monoisotopic (exact) mass is 494 g/mol. The molecule has 4 saturated carbocycles. The molecule has 2 heterocycles. The predicted molar refractivity (Wildman–Crippen MR) is 131 cm³/mol. The summed E-state index contributed by atoms with van der Waals surface area (Å²) in [6.07, 6.45) is 13.0. The van der Waals surface area contributed by atoms with E-state index < -0.39 is 10.1 Å². The number of hydrogen-bond acceptors (Lipinski definition) is 5. The van der Waals surface area contributed by atoms with Gasteiger partial charge in [-0.15, -0.1) is 0 Å². The summed E-state index contributed by atoms with van der Waals surface area (Å²) < 4.78 is 42.3. The molecule has 2 saturated heterocycles. The molecule has 6 rings (SSSR count). The normalized spacial score (nSPS) is 57.0. The first-order chi connectivity index (χ1) is 16.0. The van der Waals surface area contributed by atoms with Crippen LogP contribution in [0.5, 0.6) is 0 Å². The van der Waals surface area contributed by atoms with E-state index in [0.29, 0.717) is 40.6 Å². The minimum atomic E-state index is -3.38. The summed E-state index contributed by atoms with van der Waals surface area (Å²) in [7, 11) is -3.38. The number of rotatable bonds is 2. The minimum absolute atomic E-state index is 0.118. The van der Waals surface area contributed by atoms with E-state index in [2.05, 4.69) is 27.7 Å². The van der Waals surface area contributed by atoms with Crippen LogP contribution in [-0.4, -0.2) is 39.3 Å². The van der Waals surface area contributed by atoms with Gasteiger partial charge >= 0.3 is 0 Å². The number of hydrogen-bond donors (Lipinski definition) is 0. The van der Waals surface area contributed by atoms with Gasteiger partial charge in [0.25, 0.3) is 10.1 Å². The zero-order valence-electron chi connectivity index (χ0n) is 21.9. The molecule has 6 heteroatoms. The Kier molecular flexibility index (Phi) is 5.63. The van der Waals surface area contributed by atoms with Gasteiger partial charge < -0.3 is 9.47 Å². The summed E-state index contributed by atoms with van der Waals surface area (Å²) >= 11 is 0. The van der Waals surface area contributed by atoms with Gasteiger partial charge in [-0.1, -0.05) is 27.7 Å². The maximum atomic E-state index is 11.7. The van der Waals surface area contributed by atoms with Crippen molar-refractivity contribution in [1.82, 2.24) is 0 Å². The quantitative estimate of drug-likeness (QED) is 0.456. The van der Waals surface area contributed by atoms with Crippen LogP contribution in [0.15, 0.2) is 0 Å². The van der Waals surface area contributed by atoms with Gasteiger partial charge in [0.1, 0.15) is 0 Å². The Bertz CT molecular complexity index is 910. The second-order valence-corrected chi connectivity index (χ2v) is 15.5. The minimum Gasteiger partial charge on any atom is -0.349 e. The molecular formula is C28H46O5S. The van der Waals surface area contributed by atoms with Crippen molar-refractivity contribution >= 4 is 10.1 Å². The van der Waals surface area contributed by atoms with Gasteiger partial charge in [0.05, 0.1) is 25.1 Å². The third kappa shape index (κ3) is 3.51. The highest BCUT2D eigenvalue weighted by atomic mass is 32.2. The van der Waals surface area contributed by atoms with Crippen molar-refractivity contribution < 1.29 is 22.1 Å². The molecule has 8 unspecified atom stereocenters. The Balaban J connectivity index is 1.20. The molecule has 12 atom stereocenters. The molecule has 6 aliphatic rings. The summed E-state index contributed by atoms with van der Waals surface area (Å²) in [6.45, 7) is 10.7. The lowest BCUT2D eigenvalue weighted by atomic mass is 9.44. The Hall–Kier alpha value is -0.170. The van der Waals surface area contributed by atoms with Crippen molar-refractivity contribution in [2.24, 2.45) is 52.3 Å². The van der Waals surface area contributed by atoms with E-state index in [1.165, 1.54) is 44.8 Å². The highest BCUT2D eigenvalue weighted by Gasteiger charge is 2.69. The highest BCUT2D eigenvalue weighted by Crippen LogP contribution is 2.71. The van der Waals surface area contributed by atoms with Gasteiger partial charge in [-0.3, -0.25) is 4.18 Å². The van der Waals surface area contributed by atoms with Crippen molar-refractivity contribution in [1.29, 1.82) is 0 Å². The van der Waals surface area contributed by atoms with Crippen LogP contribution in [-0.2, 0) is 23.8 Å². The summed E-state index contributed by atoms with van der Waals surface area (Å²) in [6, 6.07) is 0. The molecule has 5 nitrogen and oxygen atoms in total. The maximum absolute atomic E-state index is 11.7. The molecule has 1 spiro atoms. The fourth-order valence-electron chi connectivity index (χ4n) is 10.6. The molecule has 34 heavy (non-hydrogen) atoms. The molecule has 0 amide bonds.